The fraction of sp³-hybridized carbons (Fsp3) is 0.889. The molecule has 2 aliphatic heterocycles. The minimum absolute atomic E-state index is 0.267. The van der Waals surface area contributed by atoms with Crippen LogP contribution in [0.4, 0.5) is 0 Å². The largest absolute Gasteiger partial charge is 0.481 e. The number of rotatable bonds is 4. The molecule has 3 nitrogen and oxygen atoms in total. The number of hydrogen-bond acceptors (Lipinski definition) is 3. The predicted octanol–water partition coefficient (Wildman–Crippen LogP) is 0.756. The molecular weight excluding hydrogens is 186 g/mol. The molecule has 2 aliphatic rings. The summed E-state index contributed by atoms with van der Waals surface area (Å²) >= 11 is 1.57. The van der Waals surface area contributed by atoms with Gasteiger partial charge in [-0.3, -0.25) is 4.79 Å². The Morgan fingerprint density at radius 2 is 2.38 bits per heavy atom. The van der Waals surface area contributed by atoms with Crippen LogP contribution >= 0.6 is 11.8 Å². The first-order valence-electron chi connectivity index (χ1n) is 4.77. The summed E-state index contributed by atoms with van der Waals surface area (Å²) in [6, 6.07) is 0. The van der Waals surface area contributed by atoms with E-state index in [-0.39, 0.29) is 5.75 Å². The normalized spacial score (nSPS) is 36.8. The maximum Gasteiger partial charge on any atom is 0.313 e. The molecule has 1 N–H and O–H groups in total. The Morgan fingerprint density at radius 1 is 1.54 bits per heavy atom. The van der Waals surface area contributed by atoms with Gasteiger partial charge in [-0.1, -0.05) is 0 Å². The maximum atomic E-state index is 10.3. The number of carboxylic acid groups (broad SMARTS) is 1. The number of aliphatic carboxylic acids is 1. The van der Waals surface area contributed by atoms with Crippen LogP contribution in [-0.4, -0.2) is 47.1 Å². The highest BCUT2D eigenvalue weighted by Crippen LogP contribution is 2.34. The molecule has 4 heteroatoms. The summed E-state index contributed by atoms with van der Waals surface area (Å²) in [6.45, 7) is 3.74. The zero-order valence-electron chi connectivity index (χ0n) is 7.61. The van der Waals surface area contributed by atoms with Gasteiger partial charge in [-0.25, -0.2) is 0 Å². The van der Waals surface area contributed by atoms with Crippen LogP contribution < -0.4 is 0 Å². The number of hydrogen-bond donors (Lipinski definition) is 1. The molecule has 13 heavy (non-hydrogen) atoms. The van der Waals surface area contributed by atoms with Gasteiger partial charge in [0.2, 0.25) is 0 Å². The number of piperidine rings is 1. The van der Waals surface area contributed by atoms with Gasteiger partial charge in [-0.15, -0.1) is 11.8 Å². The highest BCUT2D eigenvalue weighted by Gasteiger charge is 2.37. The van der Waals surface area contributed by atoms with Gasteiger partial charge in [-0.05, 0) is 30.6 Å². The molecule has 0 amide bonds. The van der Waals surface area contributed by atoms with Crippen molar-refractivity contribution in [3.63, 3.8) is 0 Å². The molecule has 2 saturated heterocycles. The lowest BCUT2D eigenvalue weighted by Gasteiger charge is -2.21. The molecule has 2 fully saturated rings. The molecule has 2 bridgehead atoms. The Balaban J connectivity index is 1.68. The molecule has 0 aromatic carbocycles. The van der Waals surface area contributed by atoms with Crippen molar-refractivity contribution >= 4 is 17.7 Å². The van der Waals surface area contributed by atoms with Crippen molar-refractivity contribution in [2.45, 2.75) is 6.42 Å². The summed E-state index contributed by atoms with van der Waals surface area (Å²) in [5, 5.41) is 8.49. The van der Waals surface area contributed by atoms with Gasteiger partial charge >= 0.3 is 5.97 Å². The first kappa shape index (κ1) is 9.34. The molecule has 0 spiro atoms. The van der Waals surface area contributed by atoms with Crippen LogP contribution in [0.1, 0.15) is 6.42 Å². The topological polar surface area (TPSA) is 40.5 Å². The van der Waals surface area contributed by atoms with E-state index in [4.69, 9.17) is 5.11 Å². The van der Waals surface area contributed by atoms with Gasteiger partial charge in [0.05, 0.1) is 5.75 Å². The highest BCUT2D eigenvalue weighted by atomic mass is 32.2. The third-order valence-electron chi connectivity index (χ3n) is 3.03. The highest BCUT2D eigenvalue weighted by molar-refractivity contribution is 7.99. The Morgan fingerprint density at radius 3 is 2.92 bits per heavy atom. The van der Waals surface area contributed by atoms with Crippen molar-refractivity contribution in [2.75, 3.05) is 31.1 Å². The number of thioether (sulfide) groups is 1. The summed E-state index contributed by atoms with van der Waals surface area (Å²) in [5.74, 6) is 2.24. The fourth-order valence-corrected chi connectivity index (χ4v) is 3.35. The lowest BCUT2D eigenvalue weighted by Crippen LogP contribution is -2.25. The van der Waals surface area contributed by atoms with Crippen molar-refractivity contribution < 1.29 is 9.90 Å². The smallest absolute Gasteiger partial charge is 0.313 e. The first-order valence-corrected chi connectivity index (χ1v) is 5.93. The van der Waals surface area contributed by atoms with E-state index in [9.17, 15) is 4.79 Å². The second kappa shape index (κ2) is 3.88. The standard InChI is InChI=1S/C9H15NO2S/c11-9(12)6-13-5-8-4-10-2-1-7(8)3-10/h7-8H,1-6H2,(H,11,12)/t7-,8-/m0/s1. The van der Waals surface area contributed by atoms with Crippen LogP contribution in [0.25, 0.3) is 0 Å². The summed E-state index contributed by atoms with van der Waals surface area (Å²) in [6.07, 6.45) is 1.33. The van der Waals surface area contributed by atoms with E-state index in [1.807, 2.05) is 0 Å². The van der Waals surface area contributed by atoms with Crippen LogP contribution in [0, 0.1) is 11.8 Å². The van der Waals surface area contributed by atoms with Gasteiger partial charge in [0.15, 0.2) is 0 Å². The number of nitrogens with zero attached hydrogens (tertiary/aromatic N) is 1. The molecular formula is C9H15NO2S. The molecule has 74 valence electrons. The average Bonchev–Trinajstić information content (AvgIpc) is 2.64. The van der Waals surface area contributed by atoms with Crippen LogP contribution in [-0.2, 0) is 4.79 Å². The number of carboxylic acids is 1. The molecule has 3 atom stereocenters. The van der Waals surface area contributed by atoms with Crippen LogP contribution in [0.2, 0.25) is 0 Å². The molecule has 0 aliphatic carbocycles. The third-order valence-corrected chi connectivity index (χ3v) is 4.14. The van der Waals surface area contributed by atoms with Gasteiger partial charge < -0.3 is 10.0 Å². The van der Waals surface area contributed by atoms with E-state index >= 15 is 0 Å². The summed E-state index contributed by atoms with van der Waals surface area (Å²) < 4.78 is 0. The van der Waals surface area contributed by atoms with Crippen LogP contribution in [0.3, 0.4) is 0 Å². The lowest BCUT2D eigenvalue weighted by atomic mass is 9.95. The van der Waals surface area contributed by atoms with E-state index in [2.05, 4.69) is 4.90 Å². The van der Waals surface area contributed by atoms with Crippen molar-refractivity contribution in [3.05, 3.63) is 0 Å². The average molecular weight is 201 g/mol. The molecule has 1 unspecified atom stereocenters. The Kier molecular flexibility index (Phi) is 2.79. The molecule has 2 rings (SSSR count). The van der Waals surface area contributed by atoms with Gasteiger partial charge in [0.25, 0.3) is 0 Å². The maximum absolute atomic E-state index is 10.3. The van der Waals surface area contributed by atoms with Crippen molar-refractivity contribution in [3.8, 4) is 0 Å². The van der Waals surface area contributed by atoms with Crippen LogP contribution in [0.15, 0.2) is 0 Å². The second-order valence-electron chi connectivity index (χ2n) is 3.98. The van der Waals surface area contributed by atoms with Crippen molar-refractivity contribution in [2.24, 2.45) is 11.8 Å². The van der Waals surface area contributed by atoms with Crippen molar-refractivity contribution in [1.29, 1.82) is 0 Å². The fourth-order valence-electron chi connectivity index (χ4n) is 2.38. The first-order chi connectivity index (χ1) is 6.25. The van der Waals surface area contributed by atoms with E-state index in [0.717, 1.165) is 17.6 Å². The third kappa shape index (κ3) is 2.17. The Labute approximate surface area is 82.5 Å². The molecule has 0 radical (unpaired) electrons. The predicted molar refractivity (Wildman–Crippen MR) is 53.0 cm³/mol. The Hall–Kier alpha value is -0.220. The summed E-state index contributed by atoms with van der Waals surface area (Å²) in [4.78, 5) is 12.8. The summed E-state index contributed by atoms with van der Waals surface area (Å²) in [5.41, 5.74) is 0. The minimum atomic E-state index is -0.687. The van der Waals surface area contributed by atoms with Gasteiger partial charge in [0.1, 0.15) is 0 Å². The zero-order chi connectivity index (χ0) is 9.26. The van der Waals surface area contributed by atoms with E-state index in [1.54, 1.807) is 11.8 Å². The SMILES string of the molecule is O=C(O)CSC[C@@H]1CN2CC[C@H]1C2. The molecule has 0 aromatic heterocycles. The van der Waals surface area contributed by atoms with E-state index < -0.39 is 5.97 Å². The monoisotopic (exact) mass is 201 g/mol. The molecule has 0 saturated carbocycles. The van der Waals surface area contributed by atoms with Gasteiger partial charge in [-0.2, -0.15) is 0 Å². The summed E-state index contributed by atoms with van der Waals surface area (Å²) in [7, 11) is 0. The number of carbonyl (C=O) groups is 1. The molecule has 0 aromatic rings. The number of fused-ring (bicyclic) bond motifs is 2. The van der Waals surface area contributed by atoms with Crippen molar-refractivity contribution in [1.82, 2.24) is 4.90 Å². The second-order valence-corrected chi connectivity index (χ2v) is 5.01. The van der Waals surface area contributed by atoms with E-state index in [1.165, 1.54) is 26.1 Å². The Bertz CT molecular complexity index is 210. The lowest BCUT2D eigenvalue weighted by molar-refractivity contribution is -0.133. The minimum Gasteiger partial charge on any atom is -0.481 e. The van der Waals surface area contributed by atoms with Crippen LogP contribution in [0.5, 0.6) is 0 Å². The van der Waals surface area contributed by atoms with E-state index in [0.29, 0.717) is 0 Å². The zero-order valence-corrected chi connectivity index (χ0v) is 8.42. The molecule has 2 heterocycles. The quantitative estimate of drug-likeness (QED) is 0.729. The van der Waals surface area contributed by atoms with Gasteiger partial charge in [0, 0.05) is 13.1 Å².